The maximum Gasteiger partial charge on any atom is 0.379 e. The van der Waals surface area contributed by atoms with Crippen LogP contribution in [0.15, 0.2) is 30.3 Å². The Kier molecular flexibility index (Phi) is 34.7. The van der Waals surface area contributed by atoms with Crippen molar-refractivity contribution in [3.05, 3.63) is 35.9 Å². The molecule has 0 saturated carbocycles. The van der Waals surface area contributed by atoms with Gasteiger partial charge in [-0.2, -0.15) is 0 Å². The highest BCUT2D eigenvalue weighted by molar-refractivity contribution is 6.40. The van der Waals surface area contributed by atoms with Crippen molar-refractivity contribution in [3.8, 4) is 0 Å². The third-order valence-electron chi connectivity index (χ3n) is 6.69. The first-order valence-corrected chi connectivity index (χ1v) is 18.4. The number of aliphatic carboxylic acids is 1. The van der Waals surface area contributed by atoms with Crippen molar-refractivity contribution < 1.29 is 90.7 Å². The largest absolute Gasteiger partial charge is 0.476 e. The third-order valence-corrected chi connectivity index (χ3v) is 6.69. The zero-order valence-electron chi connectivity index (χ0n) is 32.1. The van der Waals surface area contributed by atoms with Gasteiger partial charge in [-0.05, 0) is 0 Å². The van der Waals surface area contributed by atoms with Gasteiger partial charge in [-0.25, -0.2) is 9.59 Å². The summed E-state index contributed by atoms with van der Waals surface area (Å²) in [6.45, 7) is 8.56. The van der Waals surface area contributed by atoms with E-state index in [1.807, 2.05) is 0 Å². The molecule has 0 aliphatic rings. The number of carboxylic acid groups (broad SMARTS) is 1. The number of hydrogen-bond acceptors (Lipinski definition) is 18. The molecule has 0 aliphatic heterocycles. The summed E-state index contributed by atoms with van der Waals surface area (Å²) in [5, 5.41) is 8.45. The lowest BCUT2D eigenvalue weighted by Gasteiger charge is -2.09. The van der Waals surface area contributed by atoms with Crippen LogP contribution >= 0.6 is 0 Å². The summed E-state index contributed by atoms with van der Waals surface area (Å²) >= 11 is 0. The van der Waals surface area contributed by atoms with Gasteiger partial charge in [0.1, 0.15) is 13.2 Å². The van der Waals surface area contributed by atoms with Crippen molar-refractivity contribution in [1.82, 2.24) is 0 Å². The molecule has 0 fully saturated rings. The van der Waals surface area contributed by atoms with Gasteiger partial charge in [-0.15, -0.1) is 0 Å². The molecule has 0 aliphatic carbocycles. The van der Waals surface area contributed by atoms with E-state index in [2.05, 4.69) is 0 Å². The fourth-order valence-corrected chi connectivity index (χ4v) is 3.88. The van der Waals surface area contributed by atoms with Crippen LogP contribution in [0.4, 0.5) is 0 Å². The molecule has 1 N–H and O–H groups in total. The number of hydrogen-bond donors (Lipinski definition) is 1. The monoisotopic (exact) mass is 806 g/mol. The SMILES string of the molecule is O=C(CCC(=O)C(=O)O)OCCOCCOCCOCCOCCOCCOCCOCCOCCOCCOCCOCCOC(=O)C(=O)c1ccccc1. The van der Waals surface area contributed by atoms with Gasteiger partial charge in [-0.1, -0.05) is 30.3 Å². The summed E-state index contributed by atoms with van der Waals surface area (Å²) in [5.41, 5.74) is 0.285. The van der Waals surface area contributed by atoms with E-state index < -0.39 is 35.9 Å². The van der Waals surface area contributed by atoms with Crippen molar-refractivity contribution in [3.63, 3.8) is 0 Å². The minimum Gasteiger partial charge on any atom is -0.476 e. The Labute approximate surface area is 327 Å². The highest BCUT2D eigenvalue weighted by atomic mass is 16.6. The molecule has 320 valence electrons. The van der Waals surface area contributed by atoms with E-state index in [9.17, 15) is 24.0 Å². The molecular weight excluding hydrogens is 748 g/mol. The molecule has 1 aromatic carbocycles. The number of esters is 2. The van der Waals surface area contributed by atoms with Crippen molar-refractivity contribution in [2.75, 3.05) is 159 Å². The second-order valence-corrected chi connectivity index (χ2v) is 11.0. The lowest BCUT2D eigenvalue weighted by Crippen LogP contribution is -2.20. The zero-order chi connectivity index (χ0) is 40.6. The number of ketones is 2. The summed E-state index contributed by atoms with van der Waals surface area (Å²) in [4.78, 5) is 56.3. The van der Waals surface area contributed by atoms with Crippen LogP contribution in [-0.4, -0.2) is 193 Å². The molecule has 0 spiro atoms. The number of ether oxygens (including phenoxy) is 13. The smallest absolute Gasteiger partial charge is 0.379 e. The van der Waals surface area contributed by atoms with E-state index in [1.54, 1.807) is 30.3 Å². The first kappa shape index (κ1) is 50.5. The Bertz CT molecular complexity index is 1140. The Morgan fingerprint density at radius 2 is 0.661 bits per heavy atom. The fourth-order valence-electron chi connectivity index (χ4n) is 3.88. The van der Waals surface area contributed by atoms with Gasteiger partial charge in [0.25, 0.3) is 5.78 Å². The van der Waals surface area contributed by atoms with Crippen molar-refractivity contribution in [1.29, 1.82) is 0 Å². The number of carboxylic acids is 1. The molecule has 0 saturated heterocycles. The van der Waals surface area contributed by atoms with Crippen molar-refractivity contribution in [2.24, 2.45) is 0 Å². The third kappa shape index (κ3) is 32.7. The summed E-state index contributed by atoms with van der Waals surface area (Å²) in [6, 6.07) is 8.22. The highest BCUT2D eigenvalue weighted by Gasteiger charge is 2.17. The number of carbonyl (C=O) groups excluding carboxylic acids is 4. The summed E-state index contributed by atoms with van der Waals surface area (Å²) < 4.78 is 69.2. The van der Waals surface area contributed by atoms with Gasteiger partial charge < -0.3 is 66.7 Å². The van der Waals surface area contributed by atoms with Crippen LogP contribution in [0.5, 0.6) is 0 Å². The standard InChI is InChI=1S/C37H58O19/c38-33(36(41)42)6-7-34(39)55-30-28-53-26-24-51-22-20-49-18-16-47-14-12-45-10-8-44-9-11-46-13-15-48-17-19-50-21-23-52-25-27-54-29-31-56-37(43)35(40)32-4-2-1-3-5-32/h1-5H,6-31H2,(H,41,42). The second-order valence-electron chi connectivity index (χ2n) is 11.0. The van der Waals surface area contributed by atoms with Gasteiger partial charge in [0.15, 0.2) is 0 Å². The summed E-state index contributed by atoms with van der Waals surface area (Å²) in [6.07, 6.45) is -0.676. The topological polar surface area (TPSA) is 226 Å². The van der Waals surface area contributed by atoms with Crippen LogP contribution in [0.25, 0.3) is 0 Å². The Morgan fingerprint density at radius 1 is 0.375 bits per heavy atom. The predicted octanol–water partition coefficient (Wildman–Crippen LogP) is 0.572. The molecule has 0 heterocycles. The van der Waals surface area contributed by atoms with Crippen LogP contribution < -0.4 is 0 Å². The number of Topliss-reactive ketones (excluding diaryl/α,β-unsaturated/α-hetero) is 2. The minimum atomic E-state index is -1.57. The molecule has 1 rings (SSSR count). The van der Waals surface area contributed by atoms with Crippen LogP contribution in [0, 0.1) is 0 Å². The van der Waals surface area contributed by atoms with Gasteiger partial charge in [0.05, 0.1) is 152 Å². The van der Waals surface area contributed by atoms with Crippen LogP contribution in [-0.2, 0) is 80.8 Å². The quantitative estimate of drug-likeness (QED) is 0.0412. The van der Waals surface area contributed by atoms with E-state index >= 15 is 0 Å². The normalized spacial score (nSPS) is 11.1. The van der Waals surface area contributed by atoms with Crippen molar-refractivity contribution >= 4 is 29.5 Å². The molecule has 19 heteroatoms. The van der Waals surface area contributed by atoms with E-state index in [0.29, 0.717) is 132 Å². The second kappa shape index (κ2) is 38.4. The van der Waals surface area contributed by atoms with Gasteiger partial charge in [0, 0.05) is 12.0 Å². The maximum atomic E-state index is 11.9. The van der Waals surface area contributed by atoms with Gasteiger partial charge >= 0.3 is 17.9 Å². The molecule has 0 atom stereocenters. The fraction of sp³-hybridized carbons (Fsp3) is 0.703. The van der Waals surface area contributed by atoms with E-state index in [4.69, 9.17) is 66.7 Å². The zero-order valence-corrected chi connectivity index (χ0v) is 32.1. The average Bonchev–Trinajstić information content (AvgIpc) is 3.20. The Balaban J connectivity index is 1.66. The molecule has 0 radical (unpaired) electrons. The molecule has 56 heavy (non-hydrogen) atoms. The van der Waals surface area contributed by atoms with E-state index in [1.165, 1.54) is 0 Å². The first-order valence-electron chi connectivity index (χ1n) is 18.4. The molecule has 1 aromatic rings. The van der Waals surface area contributed by atoms with Crippen LogP contribution in [0.3, 0.4) is 0 Å². The first-order chi connectivity index (χ1) is 27.4. The van der Waals surface area contributed by atoms with E-state index in [0.717, 1.165) is 0 Å². The molecule has 0 aromatic heterocycles. The molecular formula is C37H58O19. The average molecular weight is 807 g/mol. The molecule has 0 bridgehead atoms. The summed E-state index contributed by atoms with van der Waals surface area (Å²) in [7, 11) is 0. The lowest BCUT2D eigenvalue weighted by molar-refractivity contribution is -0.151. The summed E-state index contributed by atoms with van der Waals surface area (Å²) in [5.74, 6) is -4.85. The van der Waals surface area contributed by atoms with Gasteiger partial charge in [-0.3, -0.25) is 14.4 Å². The number of benzene rings is 1. The Morgan fingerprint density at radius 3 is 0.964 bits per heavy atom. The lowest BCUT2D eigenvalue weighted by atomic mass is 10.1. The van der Waals surface area contributed by atoms with Crippen LogP contribution in [0.2, 0.25) is 0 Å². The molecule has 19 nitrogen and oxygen atoms in total. The number of carbonyl (C=O) groups is 5. The molecule has 0 amide bonds. The van der Waals surface area contributed by atoms with E-state index in [-0.39, 0.29) is 38.4 Å². The predicted molar refractivity (Wildman–Crippen MR) is 194 cm³/mol. The van der Waals surface area contributed by atoms with Gasteiger partial charge in [0.2, 0.25) is 5.78 Å². The highest BCUT2D eigenvalue weighted by Crippen LogP contribution is 2.01. The van der Waals surface area contributed by atoms with Crippen molar-refractivity contribution in [2.45, 2.75) is 12.8 Å². The Hall–Kier alpha value is -3.47. The molecule has 0 unspecified atom stereocenters. The number of rotatable bonds is 42. The maximum absolute atomic E-state index is 11.9. The van der Waals surface area contributed by atoms with Crippen LogP contribution in [0.1, 0.15) is 23.2 Å². The minimum absolute atomic E-state index is 0.00416.